The van der Waals surface area contributed by atoms with Crippen LogP contribution in [0.5, 0.6) is 0 Å². The molecule has 6 heteroatoms. The van der Waals surface area contributed by atoms with Crippen LogP contribution in [0.3, 0.4) is 0 Å². The van der Waals surface area contributed by atoms with Crippen LogP contribution in [0.4, 0.5) is 0 Å². The van der Waals surface area contributed by atoms with E-state index >= 15 is 0 Å². The number of aliphatic hydroxyl groups excluding tert-OH is 1. The van der Waals surface area contributed by atoms with Gasteiger partial charge in [-0.3, -0.25) is 10.2 Å². The van der Waals surface area contributed by atoms with Gasteiger partial charge >= 0.3 is 0 Å². The number of nitrogens with one attached hydrogen (secondary N) is 3. The third-order valence-corrected chi connectivity index (χ3v) is 4.10. The summed E-state index contributed by atoms with van der Waals surface area (Å²) in [4.78, 5) is 11.9. The smallest absolute Gasteiger partial charge is 0.225 e. The van der Waals surface area contributed by atoms with Gasteiger partial charge in [0.05, 0.1) is 17.1 Å². The molecule has 0 saturated heterocycles. The molecular formula is C17H33N3O2S. The highest BCUT2D eigenvalue weighted by Gasteiger charge is 2.22. The van der Waals surface area contributed by atoms with Crippen LogP contribution in [0.2, 0.25) is 0 Å². The Labute approximate surface area is 145 Å². The molecule has 0 radical (unpaired) electrons. The molecule has 23 heavy (non-hydrogen) atoms. The molecule has 0 bridgehead atoms. The second kappa shape index (κ2) is 14.5. The second-order valence-corrected chi connectivity index (χ2v) is 6.11. The number of thioether (sulfide) groups is 1. The van der Waals surface area contributed by atoms with Crippen LogP contribution < -0.4 is 5.32 Å². The number of allylic oxidation sites excluding steroid dienone is 1. The molecule has 0 aromatic rings. The largest absolute Gasteiger partial charge is 0.393 e. The lowest BCUT2D eigenvalue weighted by Crippen LogP contribution is -2.37. The number of carbonyl (C=O) groups excluding carboxylic acids is 1. The lowest BCUT2D eigenvalue weighted by Gasteiger charge is -2.18. The van der Waals surface area contributed by atoms with E-state index in [1.54, 1.807) is 19.3 Å². The summed E-state index contributed by atoms with van der Waals surface area (Å²) >= 11 is 1.27. The van der Waals surface area contributed by atoms with Gasteiger partial charge < -0.3 is 15.8 Å². The van der Waals surface area contributed by atoms with Crippen molar-refractivity contribution in [2.24, 2.45) is 5.92 Å². The van der Waals surface area contributed by atoms with E-state index in [2.05, 4.69) is 5.32 Å². The van der Waals surface area contributed by atoms with Crippen molar-refractivity contribution in [2.75, 3.05) is 6.54 Å². The maximum atomic E-state index is 11.9. The Kier molecular flexibility index (Phi) is 15.2. The van der Waals surface area contributed by atoms with Gasteiger partial charge in [-0.05, 0) is 38.2 Å². The molecule has 0 aliphatic rings. The van der Waals surface area contributed by atoms with Gasteiger partial charge in [0.25, 0.3) is 0 Å². The van der Waals surface area contributed by atoms with Crippen molar-refractivity contribution in [3.63, 3.8) is 0 Å². The van der Waals surface area contributed by atoms with Crippen LogP contribution >= 0.6 is 11.8 Å². The van der Waals surface area contributed by atoms with Crippen LogP contribution in [-0.4, -0.2) is 34.4 Å². The topological polar surface area (TPSA) is 97.0 Å². The fourth-order valence-electron chi connectivity index (χ4n) is 1.64. The van der Waals surface area contributed by atoms with Gasteiger partial charge in [-0.1, -0.05) is 39.0 Å². The SMILES string of the molecule is CC.CCCC(C(=O)NCCC(=N)S/C=C(\C)C(C)=N)C(C)O. The third kappa shape index (κ3) is 12.0. The van der Waals surface area contributed by atoms with E-state index in [4.69, 9.17) is 10.8 Å². The van der Waals surface area contributed by atoms with Crippen LogP contribution in [0, 0.1) is 16.7 Å². The van der Waals surface area contributed by atoms with Crippen molar-refractivity contribution in [3.8, 4) is 0 Å². The molecule has 0 saturated carbocycles. The lowest BCUT2D eigenvalue weighted by molar-refractivity contribution is -0.128. The normalized spacial score (nSPS) is 13.4. The van der Waals surface area contributed by atoms with Crippen molar-refractivity contribution < 1.29 is 9.90 Å². The van der Waals surface area contributed by atoms with Gasteiger partial charge in [-0.25, -0.2) is 0 Å². The zero-order chi connectivity index (χ0) is 18.4. The molecule has 0 aromatic carbocycles. The first-order valence-corrected chi connectivity index (χ1v) is 9.09. The summed E-state index contributed by atoms with van der Waals surface area (Å²) in [6.45, 7) is 11.6. The summed E-state index contributed by atoms with van der Waals surface area (Å²) in [7, 11) is 0. The Hall–Kier alpha value is -1.14. The number of carbonyl (C=O) groups is 1. The minimum Gasteiger partial charge on any atom is -0.393 e. The Bertz CT molecular complexity index is 407. The first-order valence-electron chi connectivity index (χ1n) is 8.21. The van der Waals surface area contributed by atoms with Crippen LogP contribution in [0.25, 0.3) is 0 Å². The van der Waals surface area contributed by atoms with E-state index in [9.17, 15) is 9.90 Å². The van der Waals surface area contributed by atoms with E-state index in [-0.39, 0.29) is 11.8 Å². The Morgan fingerprint density at radius 3 is 2.30 bits per heavy atom. The fraction of sp³-hybridized carbons (Fsp3) is 0.706. The molecule has 4 N–H and O–H groups in total. The summed E-state index contributed by atoms with van der Waals surface area (Å²) in [5.41, 5.74) is 1.33. The fourth-order valence-corrected chi connectivity index (χ4v) is 2.36. The van der Waals surface area contributed by atoms with Gasteiger partial charge in [-0.15, -0.1) is 0 Å². The van der Waals surface area contributed by atoms with Crippen LogP contribution in [0.15, 0.2) is 11.0 Å². The highest BCUT2D eigenvalue weighted by molar-refractivity contribution is 8.16. The van der Waals surface area contributed by atoms with E-state index in [0.29, 0.717) is 30.1 Å². The maximum Gasteiger partial charge on any atom is 0.225 e. The minimum atomic E-state index is -0.653. The summed E-state index contributed by atoms with van der Waals surface area (Å²) in [6, 6.07) is 0. The van der Waals surface area contributed by atoms with Crippen molar-refractivity contribution in [1.82, 2.24) is 5.32 Å². The van der Waals surface area contributed by atoms with Gasteiger partial charge in [0.2, 0.25) is 5.91 Å². The zero-order valence-corrected chi connectivity index (χ0v) is 16.1. The molecule has 0 rings (SSSR count). The molecule has 0 spiro atoms. The van der Waals surface area contributed by atoms with Crippen LogP contribution in [0.1, 0.15) is 60.8 Å². The molecule has 1 amide bonds. The Morgan fingerprint density at radius 1 is 1.30 bits per heavy atom. The third-order valence-electron chi connectivity index (χ3n) is 3.14. The molecule has 0 aromatic heterocycles. The first kappa shape index (κ1) is 24.1. The van der Waals surface area contributed by atoms with E-state index in [0.717, 1.165) is 12.0 Å². The monoisotopic (exact) mass is 343 g/mol. The molecule has 0 fully saturated rings. The quantitative estimate of drug-likeness (QED) is 0.377. The number of hydrogen-bond donors (Lipinski definition) is 4. The zero-order valence-electron chi connectivity index (χ0n) is 15.3. The molecule has 2 unspecified atom stereocenters. The van der Waals surface area contributed by atoms with Gasteiger partial charge in [-0.2, -0.15) is 0 Å². The van der Waals surface area contributed by atoms with E-state index in [1.165, 1.54) is 11.8 Å². The molecular weight excluding hydrogens is 310 g/mol. The molecule has 2 atom stereocenters. The highest BCUT2D eigenvalue weighted by Crippen LogP contribution is 2.13. The maximum absolute atomic E-state index is 11.9. The van der Waals surface area contributed by atoms with Crippen LogP contribution in [-0.2, 0) is 4.79 Å². The summed E-state index contributed by atoms with van der Waals surface area (Å²) < 4.78 is 0. The number of aliphatic hydroxyl groups is 1. The van der Waals surface area contributed by atoms with Gasteiger partial charge in [0.1, 0.15) is 0 Å². The minimum absolute atomic E-state index is 0.147. The molecule has 0 heterocycles. The number of rotatable bonds is 9. The average molecular weight is 344 g/mol. The van der Waals surface area contributed by atoms with Gasteiger partial charge in [0.15, 0.2) is 0 Å². The second-order valence-electron chi connectivity index (χ2n) is 5.14. The molecule has 0 aliphatic carbocycles. The molecule has 5 nitrogen and oxygen atoms in total. The summed E-state index contributed by atoms with van der Waals surface area (Å²) in [5.74, 6) is -0.522. The molecule has 134 valence electrons. The Balaban J connectivity index is 0. The summed E-state index contributed by atoms with van der Waals surface area (Å²) in [6.07, 6.45) is 1.31. The van der Waals surface area contributed by atoms with Gasteiger partial charge in [0, 0.05) is 18.7 Å². The highest BCUT2D eigenvalue weighted by atomic mass is 32.2. The number of amides is 1. The average Bonchev–Trinajstić information content (AvgIpc) is 2.51. The lowest BCUT2D eigenvalue weighted by atomic mass is 9.97. The predicted molar refractivity (Wildman–Crippen MR) is 102 cm³/mol. The van der Waals surface area contributed by atoms with Crippen molar-refractivity contribution in [2.45, 2.75) is 66.9 Å². The van der Waals surface area contributed by atoms with Crippen molar-refractivity contribution >= 4 is 28.4 Å². The predicted octanol–water partition coefficient (Wildman–Crippen LogP) is 3.97. The standard InChI is InChI=1S/C15H27N3O2S.C2H6/c1-5-6-13(12(4)19)15(20)18-8-7-14(17)21-9-10(2)11(3)16;1-2/h9,12-13,16-17,19H,5-8H2,1-4H3,(H,18,20);1-2H3/b10-9+,16-11?,17-14?;. The van der Waals surface area contributed by atoms with E-state index < -0.39 is 6.10 Å². The molecule has 0 aliphatic heterocycles. The summed E-state index contributed by atoms with van der Waals surface area (Å²) in [5, 5.41) is 29.8. The van der Waals surface area contributed by atoms with Crippen molar-refractivity contribution in [1.29, 1.82) is 10.8 Å². The van der Waals surface area contributed by atoms with Crippen molar-refractivity contribution in [3.05, 3.63) is 11.0 Å². The van der Waals surface area contributed by atoms with E-state index in [1.807, 2.05) is 27.7 Å². The Morgan fingerprint density at radius 2 is 1.87 bits per heavy atom. The first-order chi connectivity index (χ1) is 10.8. The number of hydrogen-bond acceptors (Lipinski definition) is 5.